The highest BCUT2D eigenvalue weighted by Crippen LogP contribution is 2.25. The van der Waals surface area contributed by atoms with Crippen LogP contribution < -0.4 is 0 Å². The van der Waals surface area contributed by atoms with Crippen LogP contribution in [0, 0.1) is 5.82 Å². The van der Waals surface area contributed by atoms with Crippen molar-refractivity contribution in [3.8, 4) is 11.6 Å². The van der Waals surface area contributed by atoms with Crippen LogP contribution in [0.25, 0.3) is 11.6 Å². The lowest BCUT2D eigenvalue weighted by molar-refractivity contribution is 0.102. The summed E-state index contributed by atoms with van der Waals surface area (Å²) in [7, 11) is 1.65. The van der Waals surface area contributed by atoms with Crippen molar-refractivity contribution < 1.29 is 18.3 Å². The lowest BCUT2D eigenvalue weighted by Gasteiger charge is -2.08. The van der Waals surface area contributed by atoms with Crippen molar-refractivity contribution >= 4 is 17.5 Å². The molecule has 1 aromatic carbocycles. The molecule has 0 unspecified atom stereocenters. The molecule has 0 fully saturated rings. The Bertz CT molecular complexity index is 847. The molecule has 0 aliphatic heterocycles. The van der Waals surface area contributed by atoms with E-state index in [-0.39, 0.29) is 17.4 Å². The fraction of sp³-hybridized carbons (Fsp3) is 0.278. The van der Waals surface area contributed by atoms with Gasteiger partial charge in [0.1, 0.15) is 5.82 Å². The number of hydrogen-bond acceptors (Lipinski definition) is 6. The van der Waals surface area contributed by atoms with Crippen LogP contribution >= 0.6 is 11.8 Å². The molecule has 0 aliphatic carbocycles. The highest BCUT2D eigenvalue weighted by atomic mass is 32.2. The van der Waals surface area contributed by atoms with Crippen molar-refractivity contribution in [2.24, 2.45) is 0 Å². The van der Waals surface area contributed by atoms with Crippen molar-refractivity contribution in [3.05, 3.63) is 54.0 Å². The molecule has 0 saturated heterocycles. The molecular formula is C18H18FN3O3S. The van der Waals surface area contributed by atoms with E-state index in [0.717, 1.165) is 6.42 Å². The first-order valence-electron chi connectivity index (χ1n) is 8.06. The summed E-state index contributed by atoms with van der Waals surface area (Å²) in [5.74, 6) is 0.956. The molecule has 3 aromatic rings. The average molecular weight is 375 g/mol. The van der Waals surface area contributed by atoms with Gasteiger partial charge in [0.2, 0.25) is 0 Å². The summed E-state index contributed by atoms with van der Waals surface area (Å²) >= 11 is 1.29. The minimum absolute atomic E-state index is 0.0963. The van der Waals surface area contributed by atoms with Crippen molar-refractivity contribution in [1.82, 2.24) is 14.8 Å². The molecule has 136 valence electrons. The van der Waals surface area contributed by atoms with Crippen molar-refractivity contribution in [2.45, 2.75) is 18.1 Å². The topological polar surface area (TPSA) is 70.2 Å². The predicted octanol–water partition coefficient (Wildman–Crippen LogP) is 3.69. The molecule has 6 nitrogen and oxygen atoms in total. The molecule has 0 saturated carbocycles. The summed E-state index contributed by atoms with van der Waals surface area (Å²) in [6, 6.07) is 9.12. The first-order chi connectivity index (χ1) is 12.7. The lowest BCUT2D eigenvalue weighted by atomic mass is 10.1. The van der Waals surface area contributed by atoms with Gasteiger partial charge in [0.05, 0.1) is 12.0 Å². The predicted molar refractivity (Wildman–Crippen MR) is 95.7 cm³/mol. The second-order valence-corrected chi connectivity index (χ2v) is 6.44. The molecule has 26 heavy (non-hydrogen) atoms. The maximum absolute atomic E-state index is 13.0. The van der Waals surface area contributed by atoms with E-state index in [2.05, 4.69) is 10.2 Å². The Kier molecular flexibility index (Phi) is 6.19. The molecule has 8 heteroatoms. The Morgan fingerprint density at radius 1 is 1.27 bits per heavy atom. The number of aromatic nitrogens is 3. The Balaban J connectivity index is 1.74. The van der Waals surface area contributed by atoms with Crippen LogP contribution in [0.5, 0.6) is 0 Å². The Labute approximate surface area is 154 Å². The van der Waals surface area contributed by atoms with Gasteiger partial charge in [-0.15, -0.1) is 10.2 Å². The number of rotatable bonds is 9. The number of thioether (sulfide) groups is 1. The van der Waals surface area contributed by atoms with Crippen LogP contribution in [-0.4, -0.2) is 40.0 Å². The van der Waals surface area contributed by atoms with Gasteiger partial charge in [-0.05, 0) is 42.8 Å². The number of carbonyl (C=O) groups excluding carboxylic acids is 1. The average Bonchev–Trinajstić information content (AvgIpc) is 3.30. The van der Waals surface area contributed by atoms with Crippen molar-refractivity contribution in [3.63, 3.8) is 0 Å². The summed E-state index contributed by atoms with van der Waals surface area (Å²) in [4.78, 5) is 12.3. The van der Waals surface area contributed by atoms with E-state index >= 15 is 0 Å². The number of hydrogen-bond donors (Lipinski definition) is 0. The lowest BCUT2D eigenvalue weighted by Crippen LogP contribution is -2.07. The molecule has 0 radical (unpaired) electrons. The first kappa shape index (κ1) is 18.3. The SMILES string of the molecule is COCCCn1c(SCC(=O)c2ccc(F)cc2)nnc1-c1ccco1. The van der Waals surface area contributed by atoms with E-state index in [9.17, 15) is 9.18 Å². The summed E-state index contributed by atoms with van der Waals surface area (Å²) < 4.78 is 25.4. The van der Waals surface area contributed by atoms with Crippen molar-refractivity contribution in [2.75, 3.05) is 19.5 Å². The van der Waals surface area contributed by atoms with Crippen LogP contribution in [0.3, 0.4) is 0 Å². The monoisotopic (exact) mass is 375 g/mol. The molecule has 0 aliphatic rings. The molecule has 0 spiro atoms. The van der Waals surface area contributed by atoms with E-state index in [0.29, 0.717) is 35.5 Å². The maximum atomic E-state index is 13.0. The number of Topliss-reactive ketones (excluding diaryl/α,β-unsaturated/α-hetero) is 1. The van der Waals surface area contributed by atoms with E-state index in [1.807, 2.05) is 10.6 Å². The Morgan fingerprint density at radius 2 is 2.08 bits per heavy atom. The highest BCUT2D eigenvalue weighted by molar-refractivity contribution is 7.99. The molecule has 0 N–H and O–H groups in total. The van der Waals surface area contributed by atoms with E-state index < -0.39 is 0 Å². The Morgan fingerprint density at radius 3 is 2.77 bits per heavy atom. The van der Waals surface area contributed by atoms with Crippen LogP contribution in [0.2, 0.25) is 0 Å². The van der Waals surface area contributed by atoms with Crippen LogP contribution in [0.4, 0.5) is 4.39 Å². The Hall–Kier alpha value is -2.45. The van der Waals surface area contributed by atoms with Crippen molar-refractivity contribution in [1.29, 1.82) is 0 Å². The van der Waals surface area contributed by atoms with Gasteiger partial charge in [0, 0.05) is 25.8 Å². The molecular weight excluding hydrogens is 357 g/mol. The van der Waals surface area contributed by atoms with Gasteiger partial charge in [0.15, 0.2) is 22.5 Å². The highest BCUT2D eigenvalue weighted by Gasteiger charge is 2.17. The summed E-state index contributed by atoms with van der Waals surface area (Å²) in [5.41, 5.74) is 0.468. The number of methoxy groups -OCH3 is 1. The van der Waals surface area contributed by atoms with E-state index in [4.69, 9.17) is 9.15 Å². The molecule has 0 amide bonds. The summed E-state index contributed by atoms with van der Waals surface area (Å²) in [6.45, 7) is 1.25. The van der Waals surface area contributed by atoms with Crippen LogP contribution in [-0.2, 0) is 11.3 Å². The zero-order valence-corrected chi connectivity index (χ0v) is 15.0. The molecule has 0 atom stereocenters. The van der Waals surface area contributed by atoms with Crippen LogP contribution in [0.1, 0.15) is 16.8 Å². The zero-order valence-electron chi connectivity index (χ0n) is 14.2. The van der Waals surface area contributed by atoms with Gasteiger partial charge < -0.3 is 9.15 Å². The second kappa shape index (κ2) is 8.77. The quantitative estimate of drug-likeness (QED) is 0.323. The number of carbonyl (C=O) groups is 1. The molecule has 0 bridgehead atoms. The maximum Gasteiger partial charge on any atom is 0.200 e. The minimum Gasteiger partial charge on any atom is -0.461 e. The first-order valence-corrected chi connectivity index (χ1v) is 9.05. The molecule has 2 heterocycles. The summed E-state index contributed by atoms with van der Waals surface area (Å²) in [5, 5.41) is 9.02. The number of nitrogens with zero attached hydrogens (tertiary/aromatic N) is 3. The number of furan rings is 1. The fourth-order valence-corrected chi connectivity index (χ4v) is 3.26. The number of ketones is 1. The van der Waals surface area contributed by atoms with Gasteiger partial charge >= 0.3 is 0 Å². The molecule has 3 rings (SSSR count). The minimum atomic E-state index is -0.366. The number of ether oxygens (including phenoxy) is 1. The zero-order chi connectivity index (χ0) is 18.4. The number of benzene rings is 1. The van der Waals surface area contributed by atoms with Gasteiger partial charge in [-0.1, -0.05) is 11.8 Å². The normalized spacial score (nSPS) is 11.0. The van der Waals surface area contributed by atoms with Crippen LogP contribution in [0.15, 0.2) is 52.2 Å². The third kappa shape index (κ3) is 4.39. The fourth-order valence-electron chi connectivity index (χ4n) is 2.40. The van der Waals surface area contributed by atoms with E-state index in [1.54, 1.807) is 19.4 Å². The van der Waals surface area contributed by atoms with Gasteiger partial charge in [0.25, 0.3) is 0 Å². The third-order valence-corrected chi connectivity index (χ3v) is 4.65. The standard InChI is InChI=1S/C18H18FN3O3S/c1-24-10-3-9-22-17(16-4-2-11-25-16)20-21-18(22)26-12-15(23)13-5-7-14(19)8-6-13/h2,4-8,11H,3,9-10,12H2,1H3. The molecule has 2 aromatic heterocycles. The third-order valence-electron chi connectivity index (χ3n) is 3.69. The summed E-state index contributed by atoms with van der Waals surface area (Å²) in [6.07, 6.45) is 2.36. The largest absolute Gasteiger partial charge is 0.461 e. The van der Waals surface area contributed by atoms with Gasteiger partial charge in [-0.25, -0.2) is 4.39 Å². The second-order valence-electron chi connectivity index (χ2n) is 5.50. The smallest absolute Gasteiger partial charge is 0.200 e. The van der Waals surface area contributed by atoms with E-state index in [1.165, 1.54) is 36.0 Å². The van der Waals surface area contributed by atoms with Gasteiger partial charge in [-0.2, -0.15) is 0 Å². The van der Waals surface area contributed by atoms with Gasteiger partial charge in [-0.3, -0.25) is 9.36 Å². The number of halogens is 1.